The third-order valence-corrected chi connectivity index (χ3v) is 3.95. The number of likely N-dealkylation sites (N-methyl/N-ethyl adjacent to an activating group) is 1. The number of hydrogen-bond donors (Lipinski definition) is 1. The summed E-state index contributed by atoms with van der Waals surface area (Å²) >= 11 is 0. The molecule has 0 heterocycles. The van der Waals surface area contributed by atoms with Gasteiger partial charge in [0, 0.05) is 12.2 Å². The zero-order valence-electron chi connectivity index (χ0n) is 13.5. The van der Waals surface area contributed by atoms with Gasteiger partial charge in [-0.2, -0.15) is 0 Å². The first-order valence-electron chi connectivity index (χ1n) is 7.74. The van der Waals surface area contributed by atoms with Crippen LogP contribution in [0, 0.1) is 0 Å². The van der Waals surface area contributed by atoms with Crippen molar-refractivity contribution in [2.24, 2.45) is 0 Å². The number of anilines is 1. The molecule has 3 heteroatoms. The smallest absolute Gasteiger partial charge is 0.241 e. The van der Waals surface area contributed by atoms with Crippen molar-refractivity contribution in [3.05, 3.63) is 65.7 Å². The molecule has 0 unspecified atom stereocenters. The van der Waals surface area contributed by atoms with E-state index in [0.717, 1.165) is 18.7 Å². The maximum Gasteiger partial charge on any atom is 0.241 e. The number of nitrogens with zero attached hydrogens (tertiary/aromatic N) is 1. The summed E-state index contributed by atoms with van der Waals surface area (Å²) < 4.78 is 0. The van der Waals surface area contributed by atoms with Gasteiger partial charge in [-0.25, -0.2) is 0 Å². The lowest BCUT2D eigenvalue weighted by Gasteiger charge is -2.24. The van der Waals surface area contributed by atoms with E-state index in [0.29, 0.717) is 0 Å². The lowest BCUT2D eigenvalue weighted by molar-refractivity contribution is -0.120. The average Bonchev–Trinajstić information content (AvgIpc) is 2.55. The fourth-order valence-corrected chi connectivity index (χ4v) is 2.28. The minimum absolute atomic E-state index is 0.0164. The highest BCUT2D eigenvalue weighted by atomic mass is 16.2. The summed E-state index contributed by atoms with van der Waals surface area (Å²) in [5, 5.41) is 2.98. The van der Waals surface area contributed by atoms with Gasteiger partial charge in [0.25, 0.3) is 0 Å². The molecule has 0 aliphatic carbocycles. The summed E-state index contributed by atoms with van der Waals surface area (Å²) in [5.74, 6) is 0.0164. The highest BCUT2D eigenvalue weighted by molar-refractivity contribution is 5.94. The van der Waals surface area contributed by atoms with Crippen molar-refractivity contribution in [2.75, 3.05) is 12.4 Å². The van der Waals surface area contributed by atoms with Gasteiger partial charge in [0.15, 0.2) is 0 Å². The summed E-state index contributed by atoms with van der Waals surface area (Å²) in [7, 11) is 1.97. The first-order chi connectivity index (χ1) is 10.6. The van der Waals surface area contributed by atoms with Crippen LogP contribution in [0.5, 0.6) is 0 Å². The molecule has 22 heavy (non-hydrogen) atoms. The topological polar surface area (TPSA) is 32.3 Å². The number of amides is 1. The quantitative estimate of drug-likeness (QED) is 0.881. The van der Waals surface area contributed by atoms with Crippen LogP contribution in [-0.2, 0) is 17.8 Å². The molecule has 1 atom stereocenters. The molecule has 0 aliphatic rings. The van der Waals surface area contributed by atoms with Crippen LogP contribution in [-0.4, -0.2) is 23.9 Å². The normalized spacial score (nSPS) is 12.2. The van der Waals surface area contributed by atoms with Crippen LogP contribution in [0.1, 0.15) is 25.0 Å². The van der Waals surface area contributed by atoms with Crippen molar-refractivity contribution in [1.82, 2.24) is 4.90 Å². The summed E-state index contributed by atoms with van der Waals surface area (Å²) in [6.07, 6.45) is 1.00. The molecule has 0 bridgehead atoms. The maximum atomic E-state index is 12.3. The molecule has 0 fully saturated rings. The van der Waals surface area contributed by atoms with E-state index in [1.807, 2.05) is 61.3 Å². The fourth-order valence-electron chi connectivity index (χ4n) is 2.28. The van der Waals surface area contributed by atoms with Gasteiger partial charge >= 0.3 is 0 Å². The molecule has 1 N–H and O–H groups in total. The zero-order chi connectivity index (χ0) is 15.9. The lowest BCUT2D eigenvalue weighted by atomic mass is 10.1. The highest BCUT2D eigenvalue weighted by Crippen LogP contribution is 2.12. The largest absolute Gasteiger partial charge is 0.325 e. The number of hydrogen-bond acceptors (Lipinski definition) is 2. The first-order valence-corrected chi connectivity index (χ1v) is 7.74. The molecule has 0 radical (unpaired) electrons. The summed E-state index contributed by atoms with van der Waals surface area (Å²) in [6, 6.07) is 18.0. The number of benzene rings is 2. The van der Waals surface area contributed by atoms with Crippen LogP contribution in [0.25, 0.3) is 0 Å². The predicted octanol–water partition coefficient (Wildman–Crippen LogP) is 3.71. The van der Waals surface area contributed by atoms with Crippen LogP contribution in [0.3, 0.4) is 0 Å². The van der Waals surface area contributed by atoms with Gasteiger partial charge in [-0.1, -0.05) is 49.4 Å². The minimum Gasteiger partial charge on any atom is -0.325 e. The van der Waals surface area contributed by atoms with Gasteiger partial charge in [0.05, 0.1) is 6.04 Å². The van der Waals surface area contributed by atoms with Gasteiger partial charge in [-0.3, -0.25) is 9.69 Å². The van der Waals surface area contributed by atoms with E-state index < -0.39 is 0 Å². The molecule has 116 valence electrons. The second-order valence-corrected chi connectivity index (χ2v) is 5.62. The molecular weight excluding hydrogens is 272 g/mol. The molecule has 3 nitrogen and oxygen atoms in total. The lowest BCUT2D eigenvalue weighted by Crippen LogP contribution is -2.39. The van der Waals surface area contributed by atoms with E-state index in [-0.39, 0.29) is 11.9 Å². The van der Waals surface area contributed by atoms with Crippen LogP contribution in [0.4, 0.5) is 5.69 Å². The van der Waals surface area contributed by atoms with Crippen molar-refractivity contribution in [3.63, 3.8) is 0 Å². The van der Waals surface area contributed by atoms with Crippen molar-refractivity contribution in [1.29, 1.82) is 0 Å². The van der Waals surface area contributed by atoms with Crippen molar-refractivity contribution in [3.8, 4) is 0 Å². The summed E-state index contributed by atoms with van der Waals surface area (Å²) in [6.45, 7) is 4.80. The standard InChI is InChI=1S/C19H24N2O/c1-4-16-10-12-18(13-11-16)20-19(22)15(2)21(3)14-17-8-6-5-7-9-17/h5-13,15H,4,14H2,1-3H3,(H,20,22)/t15-/m0/s1. The van der Waals surface area contributed by atoms with E-state index >= 15 is 0 Å². The van der Waals surface area contributed by atoms with Crippen LogP contribution in [0.2, 0.25) is 0 Å². The Morgan fingerprint density at radius 3 is 2.27 bits per heavy atom. The number of carbonyl (C=O) groups is 1. The van der Waals surface area contributed by atoms with Crippen LogP contribution >= 0.6 is 0 Å². The maximum absolute atomic E-state index is 12.3. The predicted molar refractivity (Wildman–Crippen MR) is 91.8 cm³/mol. The van der Waals surface area contributed by atoms with E-state index in [1.165, 1.54) is 11.1 Å². The number of aryl methyl sites for hydroxylation is 1. The molecule has 2 aromatic rings. The average molecular weight is 296 g/mol. The van der Waals surface area contributed by atoms with Gasteiger partial charge in [0.2, 0.25) is 5.91 Å². The number of rotatable bonds is 6. The van der Waals surface area contributed by atoms with E-state index in [1.54, 1.807) is 0 Å². The van der Waals surface area contributed by atoms with Gasteiger partial charge < -0.3 is 5.32 Å². The number of carbonyl (C=O) groups excluding carboxylic acids is 1. The van der Waals surface area contributed by atoms with E-state index in [2.05, 4.69) is 24.4 Å². The van der Waals surface area contributed by atoms with E-state index in [9.17, 15) is 4.79 Å². The van der Waals surface area contributed by atoms with Gasteiger partial charge in [0.1, 0.15) is 0 Å². The third kappa shape index (κ3) is 4.43. The van der Waals surface area contributed by atoms with Gasteiger partial charge in [-0.15, -0.1) is 0 Å². The highest BCUT2D eigenvalue weighted by Gasteiger charge is 2.18. The Labute approximate surface area is 133 Å². The van der Waals surface area contributed by atoms with Crippen molar-refractivity contribution < 1.29 is 4.79 Å². The van der Waals surface area contributed by atoms with Crippen LogP contribution in [0.15, 0.2) is 54.6 Å². The molecule has 0 aromatic heterocycles. The number of nitrogens with one attached hydrogen (secondary N) is 1. The second kappa shape index (κ2) is 7.76. The molecule has 2 aromatic carbocycles. The molecule has 0 saturated carbocycles. The molecule has 2 rings (SSSR count). The molecule has 0 saturated heterocycles. The fraction of sp³-hybridized carbons (Fsp3) is 0.316. The Morgan fingerprint density at radius 2 is 1.68 bits per heavy atom. The summed E-state index contributed by atoms with van der Waals surface area (Å²) in [5.41, 5.74) is 3.33. The van der Waals surface area contributed by atoms with Crippen molar-refractivity contribution in [2.45, 2.75) is 32.9 Å². The van der Waals surface area contributed by atoms with Gasteiger partial charge in [-0.05, 0) is 43.7 Å². The SMILES string of the molecule is CCc1ccc(NC(=O)[C@H](C)N(C)Cc2ccccc2)cc1. The molecular formula is C19H24N2O. The monoisotopic (exact) mass is 296 g/mol. The van der Waals surface area contributed by atoms with Crippen LogP contribution < -0.4 is 5.32 Å². The summed E-state index contributed by atoms with van der Waals surface area (Å²) in [4.78, 5) is 14.4. The third-order valence-electron chi connectivity index (χ3n) is 3.95. The Kier molecular flexibility index (Phi) is 5.73. The molecule has 0 aliphatic heterocycles. The Balaban J connectivity index is 1.93. The molecule has 0 spiro atoms. The first kappa shape index (κ1) is 16.2. The Morgan fingerprint density at radius 1 is 1.05 bits per heavy atom. The Bertz CT molecular complexity index is 593. The van der Waals surface area contributed by atoms with E-state index in [4.69, 9.17) is 0 Å². The zero-order valence-corrected chi connectivity index (χ0v) is 13.5. The van der Waals surface area contributed by atoms with Crippen molar-refractivity contribution >= 4 is 11.6 Å². The minimum atomic E-state index is -0.189. The second-order valence-electron chi connectivity index (χ2n) is 5.62. The molecule has 1 amide bonds. The Hall–Kier alpha value is -2.13.